The second kappa shape index (κ2) is 8.55. The first kappa shape index (κ1) is 19.6. The minimum Gasteiger partial charge on any atom is -0.405 e. The van der Waals surface area contributed by atoms with Gasteiger partial charge in [-0.1, -0.05) is 18.2 Å². The van der Waals surface area contributed by atoms with Crippen LogP contribution in [0.2, 0.25) is 0 Å². The van der Waals surface area contributed by atoms with E-state index < -0.39 is 12.3 Å². The van der Waals surface area contributed by atoms with Crippen molar-refractivity contribution in [2.45, 2.75) is 26.8 Å². The van der Waals surface area contributed by atoms with Crippen molar-refractivity contribution >= 4 is 11.7 Å². The molecule has 5 nitrogen and oxygen atoms in total. The van der Waals surface area contributed by atoms with Crippen LogP contribution in [0, 0.1) is 0 Å². The maximum atomic E-state index is 12.4. The highest BCUT2D eigenvalue weighted by Crippen LogP contribution is 2.26. The number of ether oxygens (including phenoxy) is 1. The molecule has 0 spiro atoms. The number of pyridine rings is 1. The van der Waals surface area contributed by atoms with Crippen LogP contribution in [0.25, 0.3) is 0 Å². The molecule has 0 unspecified atom stereocenters. The Morgan fingerprint density at radius 3 is 2.42 bits per heavy atom. The third-order valence-corrected chi connectivity index (χ3v) is 3.74. The van der Waals surface area contributed by atoms with Gasteiger partial charge in [-0.3, -0.25) is 4.79 Å². The number of para-hydroxylation sites is 1. The highest BCUT2D eigenvalue weighted by atomic mass is 19.4. The average Bonchev–Trinajstić information content (AvgIpc) is 2.61. The molecule has 2 rings (SSSR count). The lowest BCUT2D eigenvalue weighted by Crippen LogP contribution is -2.25. The number of hydrogen-bond acceptors (Lipinski definition) is 4. The van der Waals surface area contributed by atoms with E-state index in [1.54, 1.807) is 18.2 Å². The molecule has 0 aliphatic rings. The van der Waals surface area contributed by atoms with E-state index in [1.165, 1.54) is 24.4 Å². The number of aromatic nitrogens is 1. The van der Waals surface area contributed by atoms with Crippen molar-refractivity contribution in [1.29, 1.82) is 0 Å². The molecule has 1 aromatic carbocycles. The van der Waals surface area contributed by atoms with E-state index in [2.05, 4.69) is 15.0 Å². The summed E-state index contributed by atoms with van der Waals surface area (Å²) in [5.41, 5.74) is 0.557. The van der Waals surface area contributed by atoms with E-state index in [0.717, 1.165) is 18.9 Å². The third-order valence-electron chi connectivity index (χ3n) is 3.74. The number of hydrogen-bond donors (Lipinski definition) is 1. The number of anilines is 1. The predicted molar refractivity (Wildman–Crippen MR) is 92.1 cm³/mol. The van der Waals surface area contributed by atoms with Crippen molar-refractivity contribution in [3.8, 4) is 5.75 Å². The summed E-state index contributed by atoms with van der Waals surface area (Å²) >= 11 is 0. The standard InChI is InChI=1S/C18H20F3N3O2/c1-3-24(4-2)16-10-9-14(12-22-16)17(25)23-11-13-7-5-6-8-15(13)26-18(19,20)21/h5-10,12H,3-4,11H2,1-2H3,(H,23,25). The molecule has 0 saturated heterocycles. The minimum atomic E-state index is -4.79. The number of alkyl halides is 3. The molecule has 1 heterocycles. The lowest BCUT2D eigenvalue weighted by molar-refractivity contribution is -0.274. The van der Waals surface area contributed by atoms with Crippen molar-refractivity contribution < 1.29 is 22.7 Å². The van der Waals surface area contributed by atoms with Gasteiger partial charge >= 0.3 is 6.36 Å². The Morgan fingerprint density at radius 2 is 1.85 bits per heavy atom. The monoisotopic (exact) mass is 367 g/mol. The van der Waals surface area contributed by atoms with Crippen LogP contribution in [0.5, 0.6) is 5.75 Å². The molecule has 0 saturated carbocycles. The largest absolute Gasteiger partial charge is 0.573 e. The van der Waals surface area contributed by atoms with Crippen molar-refractivity contribution in [2.75, 3.05) is 18.0 Å². The summed E-state index contributed by atoms with van der Waals surface area (Å²) in [4.78, 5) is 18.5. The summed E-state index contributed by atoms with van der Waals surface area (Å²) in [6.07, 6.45) is -3.34. The smallest absolute Gasteiger partial charge is 0.405 e. The number of carbonyl (C=O) groups is 1. The Kier molecular flexibility index (Phi) is 6.43. The fourth-order valence-corrected chi connectivity index (χ4v) is 2.41. The first-order valence-corrected chi connectivity index (χ1v) is 8.17. The van der Waals surface area contributed by atoms with E-state index in [-0.39, 0.29) is 17.9 Å². The number of rotatable bonds is 7. The van der Waals surface area contributed by atoms with E-state index in [1.807, 2.05) is 18.7 Å². The topological polar surface area (TPSA) is 54.5 Å². The number of halogens is 3. The SMILES string of the molecule is CCN(CC)c1ccc(C(=O)NCc2ccccc2OC(F)(F)F)cn1. The molecule has 1 amide bonds. The Bertz CT molecular complexity index is 729. The number of nitrogens with zero attached hydrogens (tertiary/aromatic N) is 2. The lowest BCUT2D eigenvalue weighted by Gasteiger charge is -2.19. The molecule has 8 heteroatoms. The molecular weight excluding hydrogens is 347 g/mol. The number of nitrogens with one attached hydrogen (secondary N) is 1. The van der Waals surface area contributed by atoms with Gasteiger partial charge in [-0.2, -0.15) is 0 Å². The molecule has 2 aromatic rings. The van der Waals surface area contributed by atoms with Gasteiger partial charge < -0.3 is 15.0 Å². The van der Waals surface area contributed by atoms with Gasteiger partial charge in [0.1, 0.15) is 11.6 Å². The first-order chi connectivity index (χ1) is 12.3. The van der Waals surface area contributed by atoms with Gasteiger partial charge in [0, 0.05) is 31.4 Å². The number of benzene rings is 1. The molecule has 0 aliphatic carbocycles. The van der Waals surface area contributed by atoms with Crippen molar-refractivity contribution in [3.05, 3.63) is 53.7 Å². The predicted octanol–water partition coefficient (Wildman–Crippen LogP) is 3.76. The molecule has 1 N–H and O–H groups in total. The van der Waals surface area contributed by atoms with Crippen LogP contribution in [0.3, 0.4) is 0 Å². The maximum absolute atomic E-state index is 12.4. The quantitative estimate of drug-likeness (QED) is 0.810. The zero-order valence-electron chi connectivity index (χ0n) is 14.5. The molecule has 0 atom stereocenters. The fourth-order valence-electron chi connectivity index (χ4n) is 2.41. The van der Waals surface area contributed by atoms with Crippen LogP contribution in [0.15, 0.2) is 42.6 Å². The Labute approximate surface area is 149 Å². The molecule has 26 heavy (non-hydrogen) atoms. The average molecular weight is 367 g/mol. The van der Waals surface area contributed by atoms with Gasteiger partial charge in [0.2, 0.25) is 0 Å². The second-order valence-electron chi connectivity index (χ2n) is 5.42. The van der Waals surface area contributed by atoms with Crippen molar-refractivity contribution in [1.82, 2.24) is 10.3 Å². The number of amides is 1. The van der Waals surface area contributed by atoms with E-state index in [0.29, 0.717) is 5.56 Å². The first-order valence-electron chi connectivity index (χ1n) is 8.17. The molecule has 0 fully saturated rings. The van der Waals surface area contributed by atoms with Gasteiger partial charge in [-0.15, -0.1) is 13.2 Å². The summed E-state index contributed by atoms with van der Waals surface area (Å²) in [5, 5.41) is 2.58. The Hall–Kier alpha value is -2.77. The van der Waals surface area contributed by atoms with E-state index >= 15 is 0 Å². The summed E-state index contributed by atoms with van der Waals surface area (Å²) in [7, 11) is 0. The summed E-state index contributed by atoms with van der Waals surface area (Å²) in [5.74, 6) is -0.00353. The van der Waals surface area contributed by atoms with Crippen molar-refractivity contribution in [2.24, 2.45) is 0 Å². The van der Waals surface area contributed by atoms with Crippen LogP contribution in [-0.2, 0) is 6.54 Å². The second-order valence-corrected chi connectivity index (χ2v) is 5.42. The van der Waals surface area contributed by atoms with Crippen molar-refractivity contribution in [3.63, 3.8) is 0 Å². The molecule has 0 radical (unpaired) electrons. The Morgan fingerprint density at radius 1 is 1.15 bits per heavy atom. The highest BCUT2D eigenvalue weighted by Gasteiger charge is 2.32. The van der Waals surface area contributed by atoms with Gasteiger partial charge in [0.15, 0.2) is 0 Å². The molecule has 0 aliphatic heterocycles. The van der Waals surface area contributed by atoms with Crippen LogP contribution < -0.4 is 15.0 Å². The molecule has 140 valence electrons. The summed E-state index contributed by atoms with van der Waals surface area (Å²) in [6, 6.07) is 9.04. The third kappa shape index (κ3) is 5.37. The highest BCUT2D eigenvalue weighted by molar-refractivity contribution is 5.94. The minimum absolute atomic E-state index is 0.0944. The van der Waals surface area contributed by atoms with Crippen LogP contribution >= 0.6 is 0 Å². The lowest BCUT2D eigenvalue weighted by atomic mass is 10.2. The summed E-state index contributed by atoms with van der Waals surface area (Å²) < 4.78 is 41.2. The zero-order chi connectivity index (χ0) is 19.2. The van der Waals surface area contributed by atoms with Crippen LogP contribution in [-0.4, -0.2) is 30.3 Å². The van der Waals surface area contributed by atoms with Crippen LogP contribution in [0.4, 0.5) is 19.0 Å². The maximum Gasteiger partial charge on any atom is 0.573 e. The Balaban J connectivity index is 2.03. The van der Waals surface area contributed by atoms with Gasteiger partial charge in [-0.25, -0.2) is 4.98 Å². The molecular formula is C18H20F3N3O2. The van der Waals surface area contributed by atoms with Gasteiger partial charge in [0.25, 0.3) is 5.91 Å². The molecule has 1 aromatic heterocycles. The van der Waals surface area contributed by atoms with E-state index in [4.69, 9.17) is 0 Å². The fraction of sp³-hybridized carbons (Fsp3) is 0.333. The molecule has 0 bridgehead atoms. The van der Waals surface area contributed by atoms with E-state index in [9.17, 15) is 18.0 Å². The van der Waals surface area contributed by atoms with Gasteiger partial charge in [-0.05, 0) is 32.0 Å². The number of carbonyl (C=O) groups excluding carboxylic acids is 1. The normalized spacial score (nSPS) is 11.1. The van der Waals surface area contributed by atoms with Crippen LogP contribution in [0.1, 0.15) is 29.8 Å². The summed E-state index contributed by atoms with van der Waals surface area (Å²) in [6.45, 7) is 5.51. The zero-order valence-corrected chi connectivity index (χ0v) is 14.5. The van der Waals surface area contributed by atoms with Gasteiger partial charge in [0.05, 0.1) is 5.56 Å².